The van der Waals surface area contributed by atoms with Gasteiger partial charge in [0, 0.05) is 31.8 Å². The molecule has 18 heteroatoms. The number of unbranched alkanes of at least 4 members (excludes halogenated alkanes) is 2. The van der Waals surface area contributed by atoms with Gasteiger partial charge in [-0.2, -0.15) is 5.06 Å². The van der Waals surface area contributed by atoms with Crippen LogP contribution in [0.25, 0.3) is 0 Å². The smallest absolute Gasteiger partial charge is 0.320 e. The molecule has 0 aliphatic rings. The van der Waals surface area contributed by atoms with Crippen LogP contribution < -0.4 is 17.3 Å². The lowest BCUT2D eigenvalue weighted by Crippen LogP contribution is -2.30. The predicted molar refractivity (Wildman–Crippen MR) is 192 cm³/mol. The van der Waals surface area contributed by atoms with Crippen LogP contribution in [0.3, 0.4) is 0 Å². The summed E-state index contributed by atoms with van der Waals surface area (Å²) in [4.78, 5) is 42.4. The minimum atomic E-state index is 0.175. The molecule has 0 aromatic carbocycles. The van der Waals surface area contributed by atoms with E-state index >= 15 is 0 Å². The molecular formula is C33H69N5O13. The SMILES string of the molecule is CCCC/C(N)=C/N(N)CCOCCOCCOCCOCCOCCOCCOCCOCCC=O.CCCC=O.CN.CN(C=O)OC=O. The van der Waals surface area contributed by atoms with E-state index in [0.717, 1.165) is 49.0 Å². The molecule has 0 aliphatic carbocycles. The van der Waals surface area contributed by atoms with Gasteiger partial charge in [-0.05, 0) is 26.3 Å². The maximum atomic E-state index is 10.1. The van der Waals surface area contributed by atoms with Crippen molar-refractivity contribution >= 4 is 25.5 Å². The van der Waals surface area contributed by atoms with Crippen molar-refractivity contribution in [2.24, 2.45) is 17.3 Å². The molecule has 0 saturated carbocycles. The number of hydrazine groups is 1. The van der Waals surface area contributed by atoms with Crippen molar-refractivity contribution < 1.29 is 61.9 Å². The van der Waals surface area contributed by atoms with Crippen LogP contribution in [-0.4, -0.2) is 162 Å². The number of allylic oxidation sites excluding steroid dienone is 1. The summed E-state index contributed by atoms with van der Waals surface area (Å²) in [5, 5.41) is 2.31. The molecule has 0 aliphatic heterocycles. The largest absolute Gasteiger partial charge is 0.401 e. The lowest BCUT2D eigenvalue weighted by Gasteiger charge is -2.15. The Labute approximate surface area is 305 Å². The van der Waals surface area contributed by atoms with E-state index in [0.29, 0.717) is 132 Å². The second-order valence-electron chi connectivity index (χ2n) is 9.71. The zero-order valence-corrected chi connectivity index (χ0v) is 31.6. The maximum Gasteiger partial charge on any atom is 0.320 e. The Bertz CT molecular complexity index is 729. The molecule has 0 aromatic rings. The topological polar surface area (TPSA) is 236 Å². The number of hydrogen-bond acceptors (Lipinski definition) is 17. The number of hydroxylamine groups is 2. The van der Waals surface area contributed by atoms with E-state index in [1.807, 2.05) is 6.92 Å². The second-order valence-corrected chi connectivity index (χ2v) is 9.71. The van der Waals surface area contributed by atoms with Crippen LogP contribution >= 0.6 is 0 Å². The van der Waals surface area contributed by atoms with Gasteiger partial charge in [0.15, 0.2) is 0 Å². The summed E-state index contributed by atoms with van der Waals surface area (Å²) < 4.78 is 43.2. The summed E-state index contributed by atoms with van der Waals surface area (Å²) >= 11 is 0. The molecule has 1 amide bonds. The number of carbonyl (C=O) groups is 4. The first-order valence-corrected chi connectivity index (χ1v) is 17.3. The van der Waals surface area contributed by atoms with Crippen LogP contribution in [0.5, 0.6) is 0 Å². The Morgan fingerprint density at radius 3 is 1.22 bits per heavy atom. The van der Waals surface area contributed by atoms with Crippen LogP contribution in [0.2, 0.25) is 0 Å². The molecule has 0 atom stereocenters. The first-order valence-electron chi connectivity index (χ1n) is 17.3. The minimum Gasteiger partial charge on any atom is -0.401 e. The van der Waals surface area contributed by atoms with E-state index in [9.17, 15) is 19.2 Å². The molecule has 0 fully saturated rings. The van der Waals surface area contributed by atoms with E-state index in [2.05, 4.69) is 17.5 Å². The van der Waals surface area contributed by atoms with Crippen LogP contribution in [0.15, 0.2) is 11.9 Å². The zero-order chi connectivity index (χ0) is 38.9. The van der Waals surface area contributed by atoms with Gasteiger partial charge in [-0.15, -0.1) is 0 Å². The zero-order valence-electron chi connectivity index (χ0n) is 31.6. The second kappa shape index (κ2) is 54.0. The van der Waals surface area contributed by atoms with Gasteiger partial charge in [-0.3, -0.25) is 9.59 Å². The van der Waals surface area contributed by atoms with Gasteiger partial charge in [-0.25, -0.2) is 5.84 Å². The van der Waals surface area contributed by atoms with Gasteiger partial charge in [0.2, 0.25) is 6.41 Å². The van der Waals surface area contributed by atoms with Crippen LogP contribution in [0.1, 0.15) is 52.4 Å². The van der Waals surface area contributed by atoms with Gasteiger partial charge < -0.3 is 68.8 Å². The van der Waals surface area contributed by atoms with Crippen molar-refractivity contribution in [3.63, 3.8) is 0 Å². The molecule has 304 valence electrons. The van der Waals surface area contributed by atoms with Crippen molar-refractivity contribution in [1.82, 2.24) is 10.1 Å². The number of amides is 1. The van der Waals surface area contributed by atoms with Crippen molar-refractivity contribution in [3.05, 3.63) is 11.9 Å². The number of nitrogens with zero attached hydrogens (tertiary/aromatic N) is 2. The van der Waals surface area contributed by atoms with Crippen molar-refractivity contribution in [2.45, 2.75) is 52.4 Å². The fourth-order valence-corrected chi connectivity index (χ4v) is 2.88. The standard InChI is InChI=1S/C25H51N3O9.C4H8O.C3H5NO3.CH5N/c1-2-3-5-25(26)24-28(27)6-9-31-11-13-33-15-17-35-19-21-37-23-22-36-20-18-34-16-14-32-12-10-30-8-4-7-29;1-2-3-4-5;1-4(2-5)7-3-6;1-2/h7,24H,2-6,8-23,26-27H2,1H3;4H,2-3H2,1H3;2-3H,1H3;2H2,1H3/b25-24-;;;. The molecule has 18 nitrogen and oxygen atoms in total. The third kappa shape index (κ3) is 59.7. The molecule has 0 aromatic heterocycles. The molecule has 0 rings (SSSR count). The summed E-state index contributed by atoms with van der Waals surface area (Å²) in [5.41, 5.74) is 11.2. The molecule has 0 bridgehead atoms. The Morgan fingerprint density at radius 2 is 0.941 bits per heavy atom. The van der Waals surface area contributed by atoms with Crippen LogP contribution in [0, 0.1) is 0 Å². The van der Waals surface area contributed by atoms with Crippen LogP contribution in [-0.2, 0) is 61.9 Å². The van der Waals surface area contributed by atoms with E-state index in [-0.39, 0.29) is 6.47 Å². The Hall–Kier alpha value is -2.78. The van der Waals surface area contributed by atoms with Gasteiger partial charge in [0.1, 0.15) is 12.6 Å². The number of rotatable bonds is 36. The minimum absolute atomic E-state index is 0.175. The van der Waals surface area contributed by atoms with Crippen LogP contribution in [0.4, 0.5) is 0 Å². The lowest BCUT2D eigenvalue weighted by atomic mass is 10.2. The summed E-state index contributed by atoms with van der Waals surface area (Å²) in [6, 6.07) is 0. The third-order valence-electron chi connectivity index (χ3n) is 5.39. The fourth-order valence-electron chi connectivity index (χ4n) is 2.88. The number of nitrogens with two attached hydrogens (primary N) is 3. The van der Waals surface area contributed by atoms with E-state index in [1.54, 1.807) is 11.2 Å². The highest BCUT2D eigenvalue weighted by molar-refractivity contribution is 5.49. The lowest BCUT2D eigenvalue weighted by molar-refractivity contribution is -0.172. The Balaban J connectivity index is -0.000000662. The van der Waals surface area contributed by atoms with Crippen molar-refractivity contribution in [1.29, 1.82) is 0 Å². The highest BCUT2D eigenvalue weighted by atomic mass is 16.7. The van der Waals surface area contributed by atoms with Gasteiger partial charge >= 0.3 is 6.47 Å². The number of ether oxygens (including phenoxy) is 8. The van der Waals surface area contributed by atoms with E-state index < -0.39 is 0 Å². The monoisotopic (exact) mass is 743 g/mol. The quantitative estimate of drug-likeness (QED) is 0.0345. The summed E-state index contributed by atoms with van der Waals surface area (Å²) in [6.07, 6.45) is 9.04. The van der Waals surface area contributed by atoms with E-state index in [4.69, 9.17) is 49.5 Å². The normalized spacial score (nSPS) is 10.4. The molecule has 0 heterocycles. The number of aldehydes is 2. The molecule has 6 N–H and O–H groups in total. The van der Waals surface area contributed by atoms with Gasteiger partial charge in [0.25, 0.3) is 0 Å². The maximum absolute atomic E-state index is 10.1. The molecular weight excluding hydrogens is 674 g/mol. The summed E-state index contributed by atoms with van der Waals surface area (Å²) in [5.74, 6) is 5.86. The fraction of sp³-hybridized carbons (Fsp3) is 0.818. The van der Waals surface area contributed by atoms with E-state index in [1.165, 1.54) is 14.1 Å². The highest BCUT2D eigenvalue weighted by Gasteiger charge is 1.98. The first kappa shape index (κ1) is 55.0. The Kier molecular flexibility index (Phi) is 58.2. The van der Waals surface area contributed by atoms with Crippen molar-refractivity contribution in [2.75, 3.05) is 126 Å². The molecule has 0 radical (unpaired) electrons. The van der Waals surface area contributed by atoms with Gasteiger partial charge in [-0.1, -0.05) is 20.3 Å². The van der Waals surface area contributed by atoms with Gasteiger partial charge in [0.05, 0.1) is 112 Å². The molecule has 51 heavy (non-hydrogen) atoms. The summed E-state index contributed by atoms with van der Waals surface area (Å²) in [7, 11) is 2.82. The highest BCUT2D eigenvalue weighted by Crippen LogP contribution is 2.01. The Morgan fingerprint density at radius 1 is 0.569 bits per heavy atom. The number of hydrogen-bond donors (Lipinski definition) is 3. The predicted octanol–water partition coefficient (Wildman–Crippen LogP) is 0.597. The molecule has 0 spiro atoms. The average molecular weight is 744 g/mol. The first-order chi connectivity index (χ1) is 24.9. The summed E-state index contributed by atoms with van der Waals surface area (Å²) in [6.45, 7) is 12.8. The molecule has 0 saturated heterocycles. The van der Waals surface area contributed by atoms with Crippen molar-refractivity contribution in [3.8, 4) is 0 Å². The number of carbonyl (C=O) groups excluding carboxylic acids is 4. The average Bonchev–Trinajstić information content (AvgIpc) is 3.14. The molecule has 0 unspecified atom stereocenters. The third-order valence-corrected chi connectivity index (χ3v) is 5.39.